The SMILES string of the molecule is Cc1ccc(NCc2ccc(F)cc2)nn1. The van der Waals surface area contributed by atoms with E-state index in [1.807, 2.05) is 19.1 Å². The van der Waals surface area contributed by atoms with E-state index in [2.05, 4.69) is 15.5 Å². The number of nitrogens with one attached hydrogen (secondary N) is 1. The van der Waals surface area contributed by atoms with Crippen LogP contribution in [0.25, 0.3) is 0 Å². The highest BCUT2D eigenvalue weighted by Crippen LogP contribution is 2.06. The van der Waals surface area contributed by atoms with Gasteiger partial charge in [-0.15, -0.1) is 5.10 Å². The second kappa shape index (κ2) is 4.70. The average molecular weight is 217 g/mol. The summed E-state index contributed by atoms with van der Waals surface area (Å²) in [6.45, 7) is 2.49. The van der Waals surface area contributed by atoms with Crippen molar-refractivity contribution in [3.63, 3.8) is 0 Å². The Balaban J connectivity index is 1.97. The van der Waals surface area contributed by atoms with E-state index in [4.69, 9.17) is 0 Å². The van der Waals surface area contributed by atoms with E-state index in [0.29, 0.717) is 6.54 Å². The molecule has 2 rings (SSSR count). The Bertz CT molecular complexity index is 405. The molecule has 0 spiro atoms. The second-order valence-corrected chi connectivity index (χ2v) is 3.54. The predicted octanol–water partition coefficient (Wildman–Crippen LogP) is 2.54. The van der Waals surface area contributed by atoms with Crippen LogP contribution in [-0.2, 0) is 6.54 Å². The van der Waals surface area contributed by atoms with Crippen molar-refractivity contribution in [3.05, 3.63) is 53.5 Å². The summed E-state index contributed by atoms with van der Waals surface area (Å²) >= 11 is 0. The second-order valence-electron chi connectivity index (χ2n) is 3.54. The van der Waals surface area contributed by atoms with Crippen LogP contribution in [0.4, 0.5) is 10.2 Å². The molecule has 1 aromatic carbocycles. The predicted molar refractivity (Wildman–Crippen MR) is 60.5 cm³/mol. The van der Waals surface area contributed by atoms with Crippen LogP contribution in [0.3, 0.4) is 0 Å². The van der Waals surface area contributed by atoms with E-state index < -0.39 is 0 Å². The van der Waals surface area contributed by atoms with Crippen molar-refractivity contribution < 1.29 is 4.39 Å². The molecule has 0 aliphatic carbocycles. The fourth-order valence-electron chi connectivity index (χ4n) is 1.29. The molecule has 0 fully saturated rings. The van der Waals surface area contributed by atoms with Crippen molar-refractivity contribution in [2.24, 2.45) is 0 Å². The van der Waals surface area contributed by atoms with Crippen molar-refractivity contribution in [3.8, 4) is 0 Å². The molecule has 0 amide bonds. The summed E-state index contributed by atoms with van der Waals surface area (Å²) in [6.07, 6.45) is 0. The minimum atomic E-state index is -0.223. The molecule has 1 heterocycles. The summed E-state index contributed by atoms with van der Waals surface area (Å²) in [5.41, 5.74) is 1.89. The zero-order chi connectivity index (χ0) is 11.4. The van der Waals surface area contributed by atoms with Crippen LogP contribution >= 0.6 is 0 Å². The lowest BCUT2D eigenvalue weighted by molar-refractivity contribution is 0.627. The first-order chi connectivity index (χ1) is 7.74. The number of rotatable bonds is 3. The first-order valence-electron chi connectivity index (χ1n) is 5.03. The third kappa shape index (κ3) is 2.76. The molecule has 0 unspecified atom stereocenters. The van der Waals surface area contributed by atoms with Gasteiger partial charge < -0.3 is 5.32 Å². The summed E-state index contributed by atoms with van der Waals surface area (Å²) in [6, 6.07) is 10.1. The highest BCUT2D eigenvalue weighted by molar-refractivity contribution is 5.34. The van der Waals surface area contributed by atoms with E-state index in [1.165, 1.54) is 12.1 Å². The van der Waals surface area contributed by atoms with Crippen molar-refractivity contribution in [1.29, 1.82) is 0 Å². The van der Waals surface area contributed by atoms with Gasteiger partial charge in [0, 0.05) is 6.54 Å². The van der Waals surface area contributed by atoms with Gasteiger partial charge in [-0.05, 0) is 36.8 Å². The Morgan fingerprint density at radius 1 is 1.06 bits per heavy atom. The quantitative estimate of drug-likeness (QED) is 0.858. The maximum atomic E-state index is 12.7. The summed E-state index contributed by atoms with van der Waals surface area (Å²) in [7, 11) is 0. The zero-order valence-electron chi connectivity index (χ0n) is 8.94. The van der Waals surface area contributed by atoms with Crippen LogP contribution in [0.15, 0.2) is 36.4 Å². The molecule has 4 heteroatoms. The number of hydrogen-bond donors (Lipinski definition) is 1. The van der Waals surface area contributed by atoms with Crippen molar-refractivity contribution >= 4 is 5.82 Å². The number of aryl methyl sites for hydroxylation is 1. The highest BCUT2D eigenvalue weighted by Gasteiger charge is 1.96. The third-order valence-corrected chi connectivity index (χ3v) is 2.18. The lowest BCUT2D eigenvalue weighted by atomic mass is 10.2. The first kappa shape index (κ1) is 10.5. The molecule has 2 aromatic rings. The van der Waals surface area contributed by atoms with E-state index >= 15 is 0 Å². The Morgan fingerprint density at radius 2 is 1.81 bits per heavy atom. The van der Waals surface area contributed by atoms with Crippen LogP contribution in [0.2, 0.25) is 0 Å². The molecule has 0 bridgehead atoms. The fourth-order valence-corrected chi connectivity index (χ4v) is 1.29. The summed E-state index contributed by atoms with van der Waals surface area (Å²) in [4.78, 5) is 0. The van der Waals surface area contributed by atoms with Gasteiger partial charge >= 0.3 is 0 Å². The summed E-state index contributed by atoms with van der Waals surface area (Å²) in [5, 5.41) is 11.0. The van der Waals surface area contributed by atoms with Crippen LogP contribution < -0.4 is 5.32 Å². The number of anilines is 1. The van der Waals surface area contributed by atoms with E-state index in [9.17, 15) is 4.39 Å². The Hall–Kier alpha value is -1.97. The maximum Gasteiger partial charge on any atom is 0.148 e. The molecular weight excluding hydrogens is 205 g/mol. The van der Waals surface area contributed by atoms with Crippen molar-refractivity contribution in [1.82, 2.24) is 10.2 Å². The number of aromatic nitrogens is 2. The number of nitrogens with zero attached hydrogens (tertiary/aromatic N) is 2. The Labute approximate surface area is 93.3 Å². The van der Waals surface area contributed by atoms with E-state index in [-0.39, 0.29) is 5.82 Å². The lowest BCUT2D eigenvalue weighted by Gasteiger charge is -2.04. The number of halogens is 1. The smallest absolute Gasteiger partial charge is 0.148 e. The van der Waals surface area contributed by atoms with E-state index in [0.717, 1.165) is 17.1 Å². The molecule has 0 saturated carbocycles. The van der Waals surface area contributed by atoms with Gasteiger partial charge in [-0.25, -0.2) is 4.39 Å². The van der Waals surface area contributed by atoms with Gasteiger partial charge in [-0.3, -0.25) is 0 Å². The topological polar surface area (TPSA) is 37.8 Å². The molecule has 0 aliphatic heterocycles. The van der Waals surface area contributed by atoms with Crippen LogP contribution in [-0.4, -0.2) is 10.2 Å². The summed E-state index contributed by atoms with van der Waals surface area (Å²) in [5.74, 6) is 0.494. The largest absolute Gasteiger partial charge is 0.365 e. The maximum absolute atomic E-state index is 12.7. The standard InChI is InChI=1S/C12H12FN3/c1-9-2-7-12(16-15-9)14-8-10-3-5-11(13)6-4-10/h2-7H,8H2,1H3,(H,14,16). The Kier molecular flexibility index (Phi) is 3.10. The van der Waals surface area contributed by atoms with Gasteiger partial charge in [0.05, 0.1) is 5.69 Å². The molecule has 0 saturated heterocycles. The molecular formula is C12H12FN3. The zero-order valence-corrected chi connectivity index (χ0v) is 8.94. The van der Waals surface area contributed by atoms with Gasteiger partial charge in [0.1, 0.15) is 11.6 Å². The summed E-state index contributed by atoms with van der Waals surface area (Å²) < 4.78 is 12.7. The highest BCUT2D eigenvalue weighted by atomic mass is 19.1. The molecule has 0 atom stereocenters. The molecule has 82 valence electrons. The molecule has 1 N–H and O–H groups in total. The molecule has 16 heavy (non-hydrogen) atoms. The van der Waals surface area contributed by atoms with Crippen molar-refractivity contribution in [2.45, 2.75) is 13.5 Å². The lowest BCUT2D eigenvalue weighted by Crippen LogP contribution is -2.02. The van der Waals surface area contributed by atoms with Gasteiger partial charge in [0.25, 0.3) is 0 Å². The number of hydrogen-bond acceptors (Lipinski definition) is 3. The minimum Gasteiger partial charge on any atom is -0.365 e. The van der Waals surface area contributed by atoms with Crippen molar-refractivity contribution in [2.75, 3.05) is 5.32 Å². The van der Waals surface area contributed by atoms with Crippen LogP contribution in [0, 0.1) is 12.7 Å². The Morgan fingerprint density at radius 3 is 2.44 bits per heavy atom. The first-order valence-corrected chi connectivity index (χ1v) is 5.03. The number of benzene rings is 1. The van der Waals surface area contributed by atoms with Gasteiger partial charge in [-0.1, -0.05) is 12.1 Å². The van der Waals surface area contributed by atoms with Gasteiger partial charge in [-0.2, -0.15) is 5.10 Å². The normalized spacial score (nSPS) is 10.1. The molecule has 1 aromatic heterocycles. The van der Waals surface area contributed by atoms with Gasteiger partial charge in [0.15, 0.2) is 0 Å². The average Bonchev–Trinajstić information content (AvgIpc) is 2.30. The molecule has 0 radical (unpaired) electrons. The molecule has 0 aliphatic rings. The minimum absolute atomic E-state index is 0.223. The molecule has 3 nitrogen and oxygen atoms in total. The monoisotopic (exact) mass is 217 g/mol. The van der Waals surface area contributed by atoms with Crippen LogP contribution in [0.1, 0.15) is 11.3 Å². The van der Waals surface area contributed by atoms with Gasteiger partial charge in [0.2, 0.25) is 0 Å². The van der Waals surface area contributed by atoms with E-state index in [1.54, 1.807) is 12.1 Å². The third-order valence-electron chi connectivity index (χ3n) is 2.18. The fraction of sp³-hybridized carbons (Fsp3) is 0.167. The van der Waals surface area contributed by atoms with Crippen LogP contribution in [0.5, 0.6) is 0 Å².